The maximum absolute atomic E-state index is 11.8. The molecule has 0 saturated carbocycles. The van der Waals surface area contributed by atoms with Crippen LogP contribution in [0.25, 0.3) is 0 Å². The Balaban J connectivity index is 3.07. The van der Waals surface area contributed by atoms with Crippen LogP contribution in [0.15, 0.2) is 12.3 Å². The zero-order valence-electron chi connectivity index (χ0n) is 9.16. The van der Waals surface area contributed by atoms with Gasteiger partial charge in [-0.15, -0.1) is 0 Å². The Morgan fingerprint density at radius 3 is 2.88 bits per heavy atom. The smallest absolute Gasteiger partial charge is 0.364 e. The first-order valence-corrected chi connectivity index (χ1v) is 4.73. The highest BCUT2D eigenvalue weighted by atomic mass is 16.6. The van der Waals surface area contributed by atoms with E-state index in [1.807, 2.05) is 0 Å². The molecule has 0 aliphatic carbocycles. The summed E-state index contributed by atoms with van der Waals surface area (Å²) in [5, 5.41) is 19.2. The predicted molar refractivity (Wildman–Crippen MR) is 59.4 cm³/mol. The van der Waals surface area contributed by atoms with Gasteiger partial charge in [-0.1, -0.05) is 0 Å². The van der Waals surface area contributed by atoms with Crippen molar-refractivity contribution in [2.75, 3.05) is 25.9 Å². The molecule has 1 amide bonds. The van der Waals surface area contributed by atoms with Gasteiger partial charge in [0.05, 0.1) is 23.9 Å². The second kappa shape index (κ2) is 5.21. The van der Waals surface area contributed by atoms with Crippen molar-refractivity contribution in [1.82, 2.24) is 9.88 Å². The van der Waals surface area contributed by atoms with Gasteiger partial charge in [0.15, 0.2) is 6.20 Å². The number of aliphatic hydroxyl groups excluding tert-OH is 1. The van der Waals surface area contributed by atoms with Crippen LogP contribution >= 0.6 is 0 Å². The number of hydrogen-bond acceptors (Lipinski definition) is 6. The molecule has 8 heteroatoms. The summed E-state index contributed by atoms with van der Waals surface area (Å²) in [5.41, 5.74) is 5.59. The Bertz CT molecular complexity index is 449. The highest BCUT2D eigenvalue weighted by Crippen LogP contribution is 2.17. The minimum atomic E-state index is -0.706. The summed E-state index contributed by atoms with van der Waals surface area (Å²) in [6.45, 7) is -0.0796. The molecule has 0 aliphatic heterocycles. The van der Waals surface area contributed by atoms with E-state index in [0.29, 0.717) is 0 Å². The number of pyridine rings is 1. The molecule has 0 aromatic carbocycles. The van der Waals surface area contributed by atoms with Gasteiger partial charge in [-0.3, -0.25) is 4.79 Å². The quantitative estimate of drug-likeness (QED) is 0.547. The van der Waals surface area contributed by atoms with Crippen LogP contribution in [0.4, 0.5) is 11.5 Å². The number of nitro groups is 1. The number of hydrogen-bond donors (Lipinski definition) is 2. The zero-order chi connectivity index (χ0) is 13.0. The molecular weight excluding hydrogens is 228 g/mol. The molecule has 1 rings (SSSR count). The topological polar surface area (TPSA) is 123 Å². The first kappa shape index (κ1) is 12.8. The van der Waals surface area contributed by atoms with Crippen molar-refractivity contribution >= 4 is 17.4 Å². The molecule has 8 nitrogen and oxygen atoms in total. The van der Waals surface area contributed by atoms with E-state index in [4.69, 9.17) is 10.8 Å². The lowest BCUT2D eigenvalue weighted by Crippen LogP contribution is -2.30. The molecule has 1 aromatic heterocycles. The van der Waals surface area contributed by atoms with Gasteiger partial charge in [0.1, 0.15) is 0 Å². The lowest BCUT2D eigenvalue weighted by molar-refractivity contribution is -0.389. The van der Waals surface area contributed by atoms with Gasteiger partial charge in [-0.25, -0.2) is 0 Å². The maximum atomic E-state index is 11.8. The SMILES string of the molecule is CN(CCO)C(=O)c1cc([N+](=O)[O-])ncc1N. The molecule has 0 aliphatic rings. The number of anilines is 1. The fraction of sp³-hybridized carbons (Fsp3) is 0.333. The van der Waals surface area contributed by atoms with E-state index in [1.165, 1.54) is 11.9 Å². The molecule has 0 unspecified atom stereocenters. The molecule has 0 saturated heterocycles. The summed E-state index contributed by atoms with van der Waals surface area (Å²) in [6, 6.07) is 1.02. The molecule has 92 valence electrons. The molecule has 1 heterocycles. The summed E-state index contributed by atoms with van der Waals surface area (Å²) < 4.78 is 0. The average molecular weight is 240 g/mol. The van der Waals surface area contributed by atoms with E-state index in [-0.39, 0.29) is 24.4 Å². The number of amides is 1. The van der Waals surface area contributed by atoms with Crippen molar-refractivity contribution in [2.24, 2.45) is 0 Å². The summed E-state index contributed by atoms with van der Waals surface area (Å²) >= 11 is 0. The van der Waals surface area contributed by atoms with Gasteiger partial charge >= 0.3 is 5.82 Å². The van der Waals surface area contributed by atoms with Crippen LogP contribution in [0.3, 0.4) is 0 Å². The molecule has 0 spiro atoms. The molecule has 0 bridgehead atoms. The minimum Gasteiger partial charge on any atom is -0.395 e. The van der Waals surface area contributed by atoms with Crippen molar-refractivity contribution in [2.45, 2.75) is 0 Å². The fourth-order valence-corrected chi connectivity index (χ4v) is 1.20. The third kappa shape index (κ3) is 2.88. The van der Waals surface area contributed by atoms with E-state index in [2.05, 4.69) is 4.98 Å². The van der Waals surface area contributed by atoms with Crippen molar-refractivity contribution in [3.05, 3.63) is 27.9 Å². The molecule has 0 atom stereocenters. The van der Waals surface area contributed by atoms with E-state index >= 15 is 0 Å². The van der Waals surface area contributed by atoms with Crippen molar-refractivity contribution in [1.29, 1.82) is 0 Å². The monoisotopic (exact) mass is 240 g/mol. The van der Waals surface area contributed by atoms with Gasteiger partial charge in [-0.2, -0.15) is 0 Å². The number of likely N-dealkylation sites (N-methyl/N-ethyl adjacent to an activating group) is 1. The highest BCUT2D eigenvalue weighted by molar-refractivity contribution is 5.99. The van der Waals surface area contributed by atoms with Gasteiger partial charge in [0.25, 0.3) is 5.91 Å². The van der Waals surface area contributed by atoms with Crippen LogP contribution in [0, 0.1) is 10.1 Å². The molecule has 17 heavy (non-hydrogen) atoms. The Labute approximate surface area is 96.8 Å². The van der Waals surface area contributed by atoms with Gasteiger partial charge < -0.3 is 25.9 Å². The second-order valence-corrected chi connectivity index (χ2v) is 3.34. The normalized spacial score (nSPS) is 10.0. The Morgan fingerprint density at radius 1 is 1.71 bits per heavy atom. The number of nitrogens with zero attached hydrogens (tertiary/aromatic N) is 3. The number of rotatable bonds is 4. The van der Waals surface area contributed by atoms with E-state index in [0.717, 1.165) is 12.3 Å². The predicted octanol–water partition coefficient (Wildman–Crippen LogP) is -0.364. The minimum absolute atomic E-state index is 0.00245. The number of aliphatic hydroxyl groups is 1. The Hall–Kier alpha value is -2.22. The number of nitrogens with two attached hydrogens (primary N) is 1. The molecular formula is C9H12N4O4. The number of carbonyl (C=O) groups is 1. The van der Waals surface area contributed by atoms with Crippen molar-refractivity contribution < 1.29 is 14.8 Å². The Kier molecular flexibility index (Phi) is 3.94. The van der Waals surface area contributed by atoms with Crippen LogP contribution in [0.1, 0.15) is 10.4 Å². The Morgan fingerprint density at radius 2 is 2.35 bits per heavy atom. The third-order valence-corrected chi connectivity index (χ3v) is 2.12. The standard InChI is InChI=1S/C9H12N4O4/c1-12(2-3-14)9(15)6-4-8(13(16)17)11-5-7(6)10/h4-5,14H,2-3,10H2,1H3. The highest BCUT2D eigenvalue weighted by Gasteiger charge is 2.19. The zero-order valence-corrected chi connectivity index (χ0v) is 9.16. The second-order valence-electron chi connectivity index (χ2n) is 3.34. The maximum Gasteiger partial charge on any atom is 0.364 e. The van der Waals surface area contributed by atoms with Gasteiger partial charge in [0, 0.05) is 13.6 Å². The lowest BCUT2D eigenvalue weighted by atomic mass is 10.2. The largest absolute Gasteiger partial charge is 0.395 e. The average Bonchev–Trinajstić information content (AvgIpc) is 2.28. The van der Waals surface area contributed by atoms with Crippen LogP contribution < -0.4 is 5.73 Å². The molecule has 3 N–H and O–H groups in total. The van der Waals surface area contributed by atoms with Crippen LogP contribution in [-0.2, 0) is 0 Å². The van der Waals surface area contributed by atoms with Crippen molar-refractivity contribution in [3.63, 3.8) is 0 Å². The first-order valence-electron chi connectivity index (χ1n) is 4.73. The molecule has 0 radical (unpaired) electrons. The summed E-state index contributed by atoms with van der Waals surface area (Å²) in [5.74, 6) is -0.943. The number of nitrogen functional groups attached to an aromatic ring is 1. The van der Waals surface area contributed by atoms with E-state index < -0.39 is 16.6 Å². The number of aromatic nitrogens is 1. The van der Waals surface area contributed by atoms with E-state index in [1.54, 1.807) is 0 Å². The van der Waals surface area contributed by atoms with Crippen LogP contribution in [0.5, 0.6) is 0 Å². The summed E-state index contributed by atoms with van der Waals surface area (Å²) in [4.78, 5) is 26.3. The van der Waals surface area contributed by atoms with Crippen molar-refractivity contribution in [3.8, 4) is 0 Å². The van der Waals surface area contributed by atoms with Gasteiger partial charge in [0.2, 0.25) is 0 Å². The lowest BCUT2D eigenvalue weighted by Gasteiger charge is -2.15. The first-order chi connectivity index (χ1) is 7.97. The summed E-state index contributed by atoms with van der Waals surface area (Å²) in [6.07, 6.45) is 1.07. The molecule has 1 aromatic rings. The van der Waals surface area contributed by atoms with Crippen LogP contribution in [0.2, 0.25) is 0 Å². The molecule has 0 fully saturated rings. The van der Waals surface area contributed by atoms with Crippen LogP contribution in [-0.4, -0.2) is 46.0 Å². The van der Waals surface area contributed by atoms with Gasteiger partial charge in [-0.05, 0) is 9.91 Å². The fourth-order valence-electron chi connectivity index (χ4n) is 1.20. The van der Waals surface area contributed by atoms with E-state index in [9.17, 15) is 14.9 Å². The summed E-state index contributed by atoms with van der Waals surface area (Å²) in [7, 11) is 1.46. The third-order valence-electron chi connectivity index (χ3n) is 2.12. The number of carbonyl (C=O) groups excluding carboxylic acids is 1.